The third-order valence-electron chi connectivity index (χ3n) is 2.94. The Bertz CT molecular complexity index is 482. The summed E-state index contributed by atoms with van der Waals surface area (Å²) in [5.74, 6) is 1.69. The van der Waals surface area contributed by atoms with Gasteiger partial charge in [-0.05, 0) is 37.3 Å². The molecular formula is C15H21N3O2. The van der Waals surface area contributed by atoms with Crippen LogP contribution in [0.4, 0.5) is 0 Å². The van der Waals surface area contributed by atoms with E-state index in [-0.39, 0.29) is 0 Å². The van der Waals surface area contributed by atoms with Crippen LogP contribution in [0.2, 0.25) is 0 Å². The fourth-order valence-electron chi connectivity index (χ4n) is 1.90. The van der Waals surface area contributed by atoms with Crippen molar-refractivity contribution in [1.82, 2.24) is 15.1 Å². The summed E-state index contributed by atoms with van der Waals surface area (Å²) < 4.78 is 12.7. The molecule has 0 radical (unpaired) electrons. The average molecular weight is 275 g/mol. The van der Waals surface area contributed by atoms with Crippen molar-refractivity contribution in [2.75, 3.05) is 20.3 Å². The van der Waals surface area contributed by atoms with Crippen LogP contribution in [-0.2, 0) is 6.54 Å². The zero-order valence-corrected chi connectivity index (χ0v) is 12.0. The maximum absolute atomic E-state index is 5.65. The molecule has 1 unspecified atom stereocenters. The van der Waals surface area contributed by atoms with Gasteiger partial charge in [0.2, 0.25) is 0 Å². The topological polar surface area (TPSA) is 48.3 Å². The Morgan fingerprint density at radius 1 is 1.25 bits per heavy atom. The SMILES string of the molecule is COc1ccc(OCCNC(C)Cn2cccn2)cc1. The molecule has 0 aliphatic heterocycles. The fourth-order valence-corrected chi connectivity index (χ4v) is 1.90. The third-order valence-corrected chi connectivity index (χ3v) is 2.94. The molecule has 20 heavy (non-hydrogen) atoms. The first-order valence-electron chi connectivity index (χ1n) is 6.75. The Balaban J connectivity index is 1.63. The van der Waals surface area contributed by atoms with Gasteiger partial charge in [-0.25, -0.2) is 0 Å². The molecule has 5 heteroatoms. The minimum atomic E-state index is 0.356. The molecule has 0 aliphatic rings. The van der Waals surface area contributed by atoms with Crippen molar-refractivity contribution in [3.05, 3.63) is 42.7 Å². The number of ether oxygens (including phenoxy) is 2. The van der Waals surface area contributed by atoms with Crippen LogP contribution in [0.5, 0.6) is 11.5 Å². The molecule has 0 saturated heterocycles. The molecule has 1 aromatic heterocycles. The summed E-state index contributed by atoms with van der Waals surface area (Å²) in [6.07, 6.45) is 3.76. The van der Waals surface area contributed by atoms with E-state index >= 15 is 0 Å². The number of nitrogens with one attached hydrogen (secondary N) is 1. The summed E-state index contributed by atoms with van der Waals surface area (Å²) >= 11 is 0. The minimum Gasteiger partial charge on any atom is -0.497 e. The predicted octanol–water partition coefficient (Wildman–Crippen LogP) is 1.95. The second kappa shape index (κ2) is 7.55. The summed E-state index contributed by atoms with van der Waals surface area (Å²) in [5.41, 5.74) is 0. The number of benzene rings is 1. The summed E-state index contributed by atoms with van der Waals surface area (Å²) in [5, 5.41) is 7.59. The van der Waals surface area contributed by atoms with Gasteiger partial charge in [0.05, 0.1) is 13.7 Å². The van der Waals surface area contributed by atoms with Crippen LogP contribution >= 0.6 is 0 Å². The largest absolute Gasteiger partial charge is 0.497 e. The van der Waals surface area contributed by atoms with E-state index in [0.717, 1.165) is 24.6 Å². The normalized spacial score (nSPS) is 12.1. The van der Waals surface area contributed by atoms with Crippen LogP contribution in [-0.4, -0.2) is 36.1 Å². The van der Waals surface area contributed by atoms with E-state index in [1.165, 1.54) is 0 Å². The molecule has 0 bridgehead atoms. The van der Waals surface area contributed by atoms with E-state index in [2.05, 4.69) is 17.3 Å². The Morgan fingerprint density at radius 3 is 2.65 bits per heavy atom. The predicted molar refractivity (Wildman–Crippen MR) is 78.2 cm³/mol. The van der Waals surface area contributed by atoms with E-state index in [0.29, 0.717) is 12.6 Å². The molecule has 108 valence electrons. The van der Waals surface area contributed by atoms with Crippen LogP contribution in [0.15, 0.2) is 42.7 Å². The monoisotopic (exact) mass is 275 g/mol. The molecule has 1 aromatic carbocycles. The third kappa shape index (κ3) is 4.59. The van der Waals surface area contributed by atoms with E-state index in [4.69, 9.17) is 9.47 Å². The van der Waals surface area contributed by atoms with Gasteiger partial charge in [0, 0.05) is 25.0 Å². The second-order valence-electron chi connectivity index (χ2n) is 4.61. The van der Waals surface area contributed by atoms with E-state index in [9.17, 15) is 0 Å². The van der Waals surface area contributed by atoms with E-state index in [1.54, 1.807) is 13.3 Å². The van der Waals surface area contributed by atoms with Gasteiger partial charge in [0.25, 0.3) is 0 Å². The highest BCUT2D eigenvalue weighted by molar-refractivity contribution is 5.31. The lowest BCUT2D eigenvalue weighted by Gasteiger charge is -2.14. The second-order valence-corrected chi connectivity index (χ2v) is 4.61. The van der Waals surface area contributed by atoms with Gasteiger partial charge in [-0.1, -0.05) is 0 Å². The van der Waals surface area contributed by atoms with Gasteiger partial charge in [-0.15, -0.1) is 0 Å². The Hall–Kier alpha value is -2.01. The minimum absolute atomic E-state index is 0.356. The van der Waals surface area contributed by atoms with Crippen molar-refractivity contribution in [3.63, 3.8) is 0 Å². The van der Waals surface area contributed by atoms with Gasteiger partial charge in [-0.2, -0.15) is 5.10 Å². The van der Waals surface area contributed by atoms with Gasteiger partial charge >= 0.3 is 0 Å². The number of hydrogen-bond acceptors (Lipinski definition) is 4. The fraction of sp³-hybridized carbons (Fsp3) is 0.400. The van der Waals surface area contributed by atoms with Crippen molar-refractivity contribution in [2.45, 2.75) is 19.5 Å². The molecule has 0 spiro atoms. The first-order chi connectivity index (χ1) is 9.78. The highest BCUT2D eigenvalue weighted by Crippen LogP contribution is 2.16. The van der Waals surface area contributed by atoms with Crippen LogP contribution in [0, 0.1) is 0 Å². The molecule has 2 rings (SSSR count). The summed E-state index contributed by atoms with van der Waals surface area (Å²) in [6.45, 7) is 4.43. The lowest BCUT2D eigenvalue weighted by Crippen LogP contribution is -2.33. The molecule has 0 aliphatic carbocycles. The standard InChI is InChI=1S/C15H21N3O2/c1-13(12-18-10-3-8-17-18)16-9-11-20-15-6-4-14(19-2)5-7-15/h3-8,10,13,16H,9,11-12H2,1-2H3. The number of rotatable bonds is 8. The maximum Gasteiger partial charge on any atom is 0.119 e. The molecular weight excluding hydrogens is 254 g/mol. The lowest BCUT2D eigenvalue weighted by atomic mass is 10.3. The van der Waals surface area contributed by atoms with E-state index in [1.807, 2.05) is 41.2 Å². The van der Waals surface area contributed by atoms with Crippen molar-refractivity contribution >= 4 is 0 Å². The average Bonchev–Trinajstić information content (AvgIpc) is 2.97. The van der Waals surface area contributed by atoms with Gasteiger partial charge in [-0.3, -0.25) is 4.68 Å². The number of methoxy groups -OCH3 is 1. The summed E-state index contributed by atoms with van der Waals surface area (Å²) in [7, 11) is 1.65. The Morgan fingerprint density at radius 2 is 2.00 bits per heavy atom. The van der Waals surface area contributed by atoms with Crippen molar-refractivity contribution in [3.8, 4) is 11.5 Å². The Kier molecular flexibility index (Phi) is 5.43. The number of nitrogens with zero attached hydrogens (tertiary/aromatic N) is 2. The van der Waals surface area contributed by atoms with Crippen molar-refractivity contribution in [2.24, 2.45) is 0 Å². The molecule has 1 N–H and O–H groups in total. The smallest absolute Gasteiger partial charge is 0.119 e. The van der Waals surface area contributed by atoms with Crippen LogP contribution < -0.4 is 14.8 Å². The maximum atomic E-state index is 5.65. The van der Waals surface area contributed by atoms with Crippen LogP contribution in [0.25, 0.3) is 0 Å². The molecule has 5 nitrogen and oxygen atoms in total. The summed E-state index contributed by atoms with van der Waals surface area (Å²) in [6, 6.07) is 9.89. The molecule has 1 heterocycles. The first-order valence-corrected chi connectivity index (χ1v) is 6.75. The molecule has 0 saturated carbocycles. The van der Waals surface area contributed by atoms with Gasteiger partial charge in [0.1, 0.15) is 18.1 Å². The first kappa shape index (κ1) is 14.4. The highest BCUT2D eigenvalue weighted by atomic mass is 16.5. The summed E-state index contributed by atoms with van der Waals surface area (Å²) in [4.78, 5) is 0. The van der Waals surface area contributed by atoms with Crippen molar-refractivity contribution < 1.29 is 9.47 Å². The molecule has 1 atom stereocenters. The molecule has 2 aromatic rings. The lowest BCUT2D eigenvalue weighted by molar-refractivity contribution is 0.301. The quantitative estimate of drug-likeness (QED) is 0.748. The number of aromatic nitrogens is 2. The Labute approximate surface area is 119 Å². The number of hydrogen-bond donors (Lipinski definition) is 1. The highest BCUT2D eigenvalue weighted by Gasteiger charge is 2.02. The zero-order valence-electron chi connectivity index (χ0n) is 12.0. The van der Waals surface area contributed by atoms with Gasteiger partial charge < -0.3 is 14.8 Å². The molecule has 0 fully saturated rings. The van der Waals surface area contributed by atoms with Gasteiger partial charge in [0.15, 0.2) is 0 Å². The zero-order chi connectivity index (χ0) is 14.2. The van der Waals surface area contributed by atoms with Crippen LogP contribution in [0.3, 0.4) is 0 Å². The van der Waals surface area contributed by atoms with E-state index < -0.39 is 0 Å². The molecule has 0 amide bonds. The van der Waals surface area contributed by atoms with Crippen LogP contribution in [0.1, 0.15) is 6.92 Å². The van der Waals surface area contributed by atoms with Crippen molar-refractivity contribution in [1.29, 1.82) is 0 Å².